The van der Waals surface area contributed by atoms with E-state index in [0.29, 0.717) is 0 Å². The molecule has 0 aromatic heterocycles. The highest BCUT2D eigenvalue weighted by Gasteiger charge is 2.32. The Morgan fingerprint density at radius 1 is 1.17 bits per heavy atom. The quantitative estimate of drug-likeness (QED) is 0.601. The zero-order chi connectivity index (χ0) is 8.39. The third-order valence-electron chi connectivity index (χ3n) is 2.61. The molecular formula is C11H15N. The average molecular weight is 161 g/mol. The molecular weight excluding hydrogens is 146 g/mol. The number of nitrogens with zero attached hydrogens (tertiary/aromatic N) is 1. The van der Waals surface area contributed by atoms with Gasteiger partial charge in [0.05, 0.1) is 0 Å². The molecule has 1 aliphatic heterocycles. The number of hydrogen-bond donors (Lipinski definition) is 0. The molecule has 0 N–H and O–H groups in total. The number of rotatable bonds is 2. The average Bonchev–Trinajstić information content (AvgIpc) is 2.78. The van der Waals surface area contributed by atoms with Gasteiger partial charge in [-0.1, -0.05) is 19.1 Å². The van der Waals surface area contributed by atoms with Gasteiger partial charge < -0.3 is 4.90 Å². The summed E-state index contributed by atoms with van der Waals surface area (Å²) in [5.74, 6) is 1.88. The van der Waals surface area contributed by atoms with Gasteiger partial charge in [0, 0.05) is 18.9 Å². The summed E-state index contributed by atoms with van der Waals surface area (Å²) >= 11 is 0. The largest absolute Gasteiger partial charge is 0.354 e. The van der Waals surface area contributed by atoms with Crippen LogP contribution in [0.1, 0.15) is 13.3 Å². The maximum absolute atomic E-state index is 2.33. The van der Waals surface area contributed by atoms with Gasteiger partial charge in [-0.25, -0.2) is 0 Å². The van der Waals surface area contributed by atoms with Crippen LogP contribution in [-0.4, -0.2) is 11.4 Å². The van der Waals surface area contributed by atoms with E-state index in [9.17, 15) is 0 Å². The van der Waals surface area contributed by atoms with Crippen molar-refractivity contribution in [2.75, 3.05) is 6.54 Å². The van der Waals surface area contributed by atoms with Gasteiger partial charge in [-0.2, -0.15) is 0 Å². The molecule has 2 atom stereocenters. The van der Waals surface area contributed by atoms with E-state index < -0.39 is 0 Å². The first kappa shape index (κ1) is 7.66. The van der Waals surface area contributed by atoms with E-state index in [-0.39, 0.29) is 0 Å². The molecule has 64 valence electrons. The fraction of sp³-hybridized carbons (Fsp3) is 0.455. The minimum atomic E-state index is 0.928. The van der Waals surface area contributed by atoms with E-state index in [4.69, 9.17) is 0 Å². The lowest BCUT2D eigenvalue weighted by atomic mass is 10.3. The molecule has 12 heavy (non-hydrogen) atoms. The lowest BCUT2D eigenvalue weighted by Crippen LogP contribution is -2.12. The third kappa shape index (κ3) is 1.79. The van der Waals surface area contributed by atoms with Crippen LogP contribution in [-0.2, 0) is 0 Å². The van der Waals surface area contributed by atoms with Crippen LogP contribution in [0.4, 0.5) is 0 Å². The monoisotopic (exact) mass is 161 g/mol. The van der Waals surface area contributed by atoms with Crippen LogP contribution < -0.4 is 0 Å². The van der Waals surface area contributed by atoms with Crippen LogP contribution in [0.15, 0.2) is 36.7 Å². The Labute approximate surface area is 74.1 Å². The standard InChI is InChI=1S/C11H15N/c1-10-8-11(10)9-12-6-4-2-3-5-7-12/h2-7,10-11H,8-9H2,1H3. The Hall–Kier alpha value is -0.980. The normalized spacial score (nSPS) is 32.2. The van der Waals surface area contributed by atoms with Gasteiger partial charge in [0.1, 0.15) is 0 Å². The van der Waals surface area contributed by atoms with Gasteiger partial charge in [-0.15, -0.1) is 0 Å². The molecule has 0 amide bonds. The van der Waals surface area contributed by atoms with Crippen molar-refractivity contribution < 1.29 is 0 Å². The van der Waals surface area contributed by atoms with Crippen molar-refractivity contribution in [3.05, 3.63) is 36.7 Å². The fourth-order valence-corrected chi connectivity index (χ4v) is 1.54. The summed E-state index contributed by atoms with van der Waals surface area (Å²) in [5.41, 5.74) is 0. The summed E-state index contributed by atoms with van der Waals surface area (Å²) in [5, 5.41) is 0. The predicted molar refractivity (Wildman–Crippen MR) is 51.4 cm³/mol. The highest BCUT2D eigenvalue weighted by Crippen LogP contribution is 2.38. The molecule has 2 rings (SSSR count). The summed E-state index contributed by atoms with van der Waals surface area (Å²) in [6, 6.07) is 0. The lowest BCUT2D eigenvalue weighted by Gasteiger charge is -2.13. The first-order valence-electron chi connectivity index (χ1n) is 4.63. The zero-order valence-electron chi connectivity index (χ0n) is 7.48. The van der Waals surface area contributed by atoms with Gasteiger partial charge in [0.15, 0.2) is 0 Å². The van der Waals surface area contributed by atoms with Crippen LogP contribution in [0.25, 0.3) is 0 Å². The van der Waals surface area contributed by atoms with Gasteiger partial charge in [-0.3, -0.25) is 0 Å². The summed E-state index contributed by atoms with van der Waals surface area (Å²) in [7, 11) is 0. The van der Waals surface area contributed by atoms with Crippen molar-refractivity contribution in [1.29, 1.82) is 0 Å². The van der Waals surface area contributed by atoms with E-state index >= 15 is 0 Å². The molecule has 2 aliphatic rings. The predicted octanol–water partition coefficient (Wildman–Crippen LogP) is 2.54. The fourth-order valence-electron chi connectivity index (χ4n) is 1.54. The van der Waals surface area contributed by atoms with Crippen LogP contribution >= 0.6 is 0 Å². The molecule has 1 nitrogen and oxygen atoms in total. The summed E-state index contributed by atoms with van der Waals surface area (Å²) in [6.07, 6.45) is 14.0. The number of hydrogen-bond acceptors (Lipinski definition) is 1. The Morgan fingerprint density at radius 2 is 1.75 bits per heavy atom. The molecule has 1 heterocycles. The number of allylic oxidation sites excluding steroid dienone is 4. The van der Waals surface area contributed by atoms with Crippen molar-refractivity contribution in [3.63, 3.8) is 0 Å². The SMILES string of the molecule is CC1CC1CN1C=CC=CC=C1. The van der Waals surface area contributed by atoms with Gasteiger partial charge in [0.25, 0.3) is 0 Å². The van der Waals surface area contributed by atoms with Crippen LogP contribution in [0.2, 0.25) is 0 Å². The maximum atomic E-state index is 2.33. The molecule has 0 aromatic rings. The minimum absolute atomic E-state index is 0.928. The zero-order valence-corrected chi connectivity index (χ0v) is 7.48. The van der Waals surface area contributed by atoms with E-state index in [1.165, 1.54) is 13.0 Å². The molecule has 0 saturated heterocycles. The Balaban J connectivity index is 1.87. The van der Waals surface area contributed by atoms with Gasteiger partial charge >= 0.3 is 0 Å². The summed E-state index contributed by atoms with van der Waals surface area (Å²) in [4.78, 5) is 2.27. The second-order valence-electron chi connectivity index (χ2n) is 3.74. The topological polar surface area (TPSA) is 3.24 Å². The first-order chi connectivity index (χ1) is 5.86. The summed E-state index contributed by atoms with van der Waals surface area (Å²) in [6.45, 7) is 3.52. The van der Waals surface area contributed by atoms with Crippen LogP contribution in [0, 0.1) is 11.8 Å². The van der Waals surface area contributed by atoms with E-state index in [1.807, 2.05) is 0 Å². The van der Waals surface area contributed by atoms with Gasteiger partial charge in [0.2, 0.25) is 0 Å². The molecule has 2 unspecified atom stereocenters. The lowest BCUT2D eigenvalue weighted by molar-refractivity contribution is 0.463. The van der Waals surface area contributed by atoms with E-state index in [2.05, 4.69) is 48.5 Å². The van der Waals surface area contributed by atoms with Crippen molar-refractivity contribution in [1.82, 2.24) is 4.90 Å². The van der Waals surface area contributed by atoms with Crippen molar-refractivity contribution >= 4 is 0 Å². The van der Waals surface area contributed by atoms with Crippen LogP contribution in [0.5, 0.6) is 0 Å². The van der Waals surface area contributed by atoms with Crippen molar-refractivity contribution in [2.24, 2.45) is 11.8 Å². The molecule has 1 heteroatoms. The molecule has 1 saturated carbocycles. The molecule has 0 spiro atoms. The Morgan fingerprint density at radius 3 is 2.25 bits per heavy atom. The Bertz CT molecular complexity index is 221. The molecule has 1 aliphatic carbocycles. The molecule has 1 fully saturated rings. The second kappa shape index (κ2) is 3.18. The third-order valence-corrected chi connectivity index (χ3v) is 2.61. The Kier molecular flexibility index (Phi) is 2.03. The van der Waals surface area contributed by atoms with E-state index in [0.717, 1.165) is 11.8 Å². The second-order valence-corrected chi connectivity index (χ2v) is 3.74. The minimum Gasteiger partial charge on any atom is -0.354 e. The van der Waals surface area contributed by atoms with Crippen LogP contribution in [0.3, 0.4) is 0 Å². The maximum Gasteiger partial charge on any atom is 0.0250 e. The molecule has 0 bridgehead atoms. The molecule has 0 radical (unpaired) electrons. The highest BCUT2D eigenvalue weighted by molar-refractivity contribution is 5.15. The smallest absolute Gasteiger partial charge is 0.0250 e. The summed E-state index contributed by atoms with van der Waals surface area (Å²) < 4.78 is 0. The molecule has 0 aromatic carbocycles. The highest BCUT2D eigenvalue weighted by atomic mass is 15.1. The van der Waals surface area contributed by atoms with Gasteiger partial charge in [-0.05, 0) is 30.4 Å². The first-order valence-corrected chi connectivity index (χ1v) is 4.63. The van der Waals surface area contributed by atoms with Crippen molar-refractivity contribution in [2.45, 2.75) is 13.3 Å². The van der Waals surface area contributed by atoms with E-state index in [1.54, 1.807) is 0 Å². The van der Waals surface area contributed by atoms with Crippen molar-refractivity contribution in [3.8, 4) is 0 Å².